The van der Waals surface area contributed by atoms with E-state index in [-0.39, 0.29) is 0 Å². The van der Waals surface area contributed by atoms with Gasteiger partial charge in [-0.15, -0.1) is 0 Å². The fourth-order valence-electron chi connectivity index (χ4n) is 1.65. The number of rotatable bonds is 7. The number of hydrogen-bond acceptors (Lipinski definition) is 2. The van der Waals surface area contributed by atoms with Gasteiger partial charge in [0.1, 0.15) is 0 Å². The molecule has 0 fully saturated rings. The lowest BCUT2D eigenvalue weighted by Crippen LogP contribution is -2.29. The summed E-state index contributed by atoms with van der Waals surface area (Å²) in [7, 11) is 2.17. The van der Waals surface area contributed by atoms with Gasteiger partial charge in [-0.3, -0.25) is 4.90 Å². The van der Waals surface area contributed by atoms with Crippen molar-refractivity contribution in [1.29, 1.82) is 0 Å². The van der Waals surface area contributed by atoms with E-state index in [0.29, 0.717) is 6.04 Å². The molecule has 1 rings (SSSR count). The molecule has 0 bridgehead atoms. The quantitative estimate of drug-likeness (QED) is 0.656. The van der Waals surface area contributed by atoms with Crippen molar-refractivity contribution in [1.82, 2.24) is 4.90 Å². The maximum atomic E-state index is 5.38. The van der Waals surface area contributed by atoms with Gasteiger partial charge in [0.05, 0.1) is 0 Å². The largest absolute Gasteiger partial charge is 0.382 e. The average Bonchev–Trinajstić information content (AvgIpc) is 2.30. The summed E-state index contributed by atoms with van der Waals surface area (Å²) in [6, 6.07) is 11.1. The Kier molecular flexibility index (Phi) is 6.12. The molecule has 0 amide bonds. The van der Waals surface area contributed by atoms with Crippen LogP contribution in [-0.4, -0.2) is 31.2 Å². The van der Waals surface area contributed by atoms with E-state index in [1.54, 1.807) is 0 Å². The van der Waals surface area contributed by atoms with E-state index in [4.69, 9.17) is 4.74 Å². The van der Waals surface area contributed by atoms with Crippen LogP contribution in [0.15, 0.2) is 30.3 Å². The Labute approximate surface area is 99.2 Å². The Morgan fingerprint density at radius 1 is 1.25 bits per heavy atom. The molecule has 0 spiro atoms. The van der Waals surface area contributed by atoms with E-state index in [9.17, 15) is 0 Å². The van der Waals surface area contributed by atoms with Gasteiger partial charge in [0.15, 0.2) is 0 Å². The second-order valence-electron chi connectivity index (χ2n) is 4.24. The summed E-state index contributed by atoms with van der Waals surface area (Å²) in [6.07, 6.45) is 1.09. The molecule has 0 aliphatic rings. The molecule has 16 heavy (non-hydrogen) atoms. The molecule has 1 aromatic carbocycles. The zero-order chi connectivity index (χ0) is 11.8. The number of benzene rings is 1. The van der Waals surface area contributed by atoms with Crippen molar-refractivity contribution in [2.75, 3.05) is 20.3 Å². The first-order valence-corrected chi connectivity index (χ1v) is 6.06. The minimum atomic E-state index is 0.562. The van der Waals surface area contributed by atoms with Crippen molar-refractivity contribution in [2.24, 2.45) is 0 Å². The van der Waals surface area contributed by atoms with E-state index < -0.39 is 0 Å². The first kappa shape index (κ1) is 13.2. The van der Waals surface area contributed by atoms with E-state index in [1.807, 2.05) is 6.92 Å². The second kappa shape index (κ2) is 7.42. The highest BCUT2D eigenvalue weighted by Gasteiger charge is 2.08. The highest BCUT2D eigenvalue weighted by atomic mass is 16.5. The van der Waals surface area contributed by atoms with Crippen LogP contribution in [0.25, 0.3) is 0 Å². The van der Waals surface area contributed by atoms with Crippen molar-refractivity contribution in [2.45, 2.75) is 32.9 Å². The standard InChI is InChI=1S/C14H23NO/c1-4-16-11-10-13(2)15(3)12-14-8-6-5-7-9-14/h5-9,13H,4,10-12H2,1-3H3/t13-/m1/s1. The minimum absolute atomic E-state index is 0.562. The molecule has 0 unspecified atom stereocenters. The third-order valence-electron chi connectivity index (χ3n) is 2.91. The topological polar surface area (TPSA) is 12.5 Å². The van der Waals surface area contributed by atoms with Gasteiger partial charge in [0.25, 0.3) is 0 Å². The molecule has 0 aliphatic carbocycles. The van der Waals surface area contributed by atoms with Gasteiger partial charge >= 0.3 is 0 Å². The van der Waals surface area contributed by atoms with Crippen LogP contribution in [0.5, 0.6) is 0 Å². The van der Waals surface area contributed by atoms with Crippen LogP contribution >= 0.6 is 0 Å². The molecular formula is C14H23NO. The van der Waals surface area contributed by atoms with Gasteiger partial charge in [-0.1, -0.05) is 30.3 Å². The van der Waals surface area contributed by atoms with Gasteiger partial charge in [0, 0.05) is 25.8 Å². The first-order valence-electron chi connectivity index (χ1n) is 6.06. The van der Waals surface area contributed by atoms with Crippen molar-refractivity contribution < 1.29 is 4.74 Å². The maximum absolute atomic E-state index is 5.38. The van der Waals surface area contributed by atoms with E-state index in [2.05, 4.69) is 49.2 Å². The Bertz CT molecular complexity index is 273. The predicted octanol–water partition coefficient (Wildman–Crippen LogP) is 2.93. The summed E-state index contributed by atoms with van der Waals surface area (Å²) in [4.78, 5) is 2.37. The molecule has 90 valence electrons. The highest BCUT2D eigenvalue weighted by Crippen LogP contribution is 2.08. The summed E-state index contributed by atoms with van der Waals surface area (Å²) in [6.45, 7) is 6.97. The summed E-state index contributed by atoms with van der Waals surface area (Å²) in [5.41, 5.74) is 1.37. The molecule has 1 aromatic rings. The van der Waals surface area contributed by atoms with Crippen LogP contribution in [0.2, 0.25) is 0 Å². The Morgan fingerprint density at radius 3 is 2.56 bits per heavy atom. The Balaban J connectivity index is 2.31. The molecule has 0 saturated carbocycles. The smallest absolute Gasteiger partial charge is 0.0480 e. The van der Waals surface area contributed by atoms with Gasteiger partial charge in [-0.05, 0) is 32.9 Å². The second-order valence-corrected chi connectivity index (χ2v) is 4.24. The fourth-order valence-corrected chi connectivity index (χ4v) is 1.65. The van der Waals surface area contributed by atoms with Crippen LogP contribution in [0.4, 0.5) is 0 Å². The van der Waals surface area contributed by atoms with Crippen molar-refractivity contribution >= 4 is 0 Å². The van der Waals surface area contributed by atoms with Crippen LogP contribution in [0.1, 0.15) is 25.8 Å². The summed E-state index contributed by atoms with van der Waals surface area (Å²) in [5.74, 6) is 0. The molecule has 0 saturated heterocycles. The van der Waals surface area contributed by atoms with Crippen LogP contribution in [-0.2, 0) is 11.3 Å². The molecule has 0 radical (unpaired) electrons. The fraction of sp³-hybridized carbons (Fsp3) is 0.571. The van der Waals surface area contributed by atoms with Crippen LogP contribution in [0, 0.1) is 0 Å². The predicted molar refractivity (Wildman–Crippen MR) is 68.5 cm³/mol. The molecule has 2 heteroatoms. The molecule has 2 nitrogen and oxygen atoms in total. The van der Waals surface area contributed by atoms with E-state index >= 15 is 0 Å². The Morgan fingerprint density at radius 2 is 1.94 bits per heavy atom. The summed E-state index contributed by atoms with van der Waals surface area (Å²) >= 11 is 0. The monoisotopic (exact) mass is 221 g/mol. The van der Waals surface area contributed by atoms with Crippen molar-refractivity contribution in [3.05, 3.63) is 35.9 Å². The molecule has 0 aromatic heterocycles. The number of ether oxygens (including phenoxy) is 1. The van der Waals surface area contributed by atoms with Gasteiger partial charge in [-0.2, -0.15) is 0 Å². The van der Waals surface area contributed by atoms with Crippen LogP contribution < -0.4 is 0 Å². The Hall–Kier alpha value is -0.860. The summed E-state index contributed by atoms with van der Waals surface area (Å²) in [5, 5.41) is 0. The highest BCUT2D eigenvalue weighted by molar-refractivity contribution is 5.14. The normalized spacial score (nSPS) is 13.0. The zero-order valence-corrected chi connectivity index (χ0v) is 10.6. The van der Waals surface area contributed by atoms with Crippen LogP contribution in [0.3, 0.4) is 0 Å². The van der Waals surface area contributed by atoms with Gasteiger partial charge in [-0.25, -0.2) is 0 Å². The minimum Gasteiger partial charge on any atom is -0.382 e. The maximum Gasteiger partial charge on any atom is 0.0480 e. The lowest BCUT2D eigenvalue weighted by molar-refractivity contribution is 0.116. The summed E-state index contributed by atoms with van der Waals surface area (Å²) < 4.78 is 5.38. The number of hydrogen-bond donors (Lipinski definition) is 0. The van der Waals surface area contributed by atoms with Crippen molar-refractivity contribution in [3.63, 3.8) is 0 Å². The van der Waals surface area contributed by atoms with Crippen molar-refractivity contribution in [3.8, 4) is 0 Å². The number of nitrogens with zero attached hydrogens (tertiary/aromatic N) is 1. The average molecular weight is 221 g/mol. The lowest BCUT2D eigenvalue weighted by atomic mass is 10.1. The molecule has 0 heterocycles. The zero-order valence-electron chi connectivity index (χ0n) is 10.6. The molecule has 0 N–H and O–H groups in total. The van der Waals surface area contributed by atoms with Gasteiger partial charge < -0.3 is 4.74 Å². The van der Waals surface area contributed by atoms with E-state index in [0.717, 1.165) is 26.2 Å². The van der Waals surface area contributed by atoms with Gasteiger partial charge in [0.2, 0.25) is 0 Å². The molecular weight excluding hydrogens is 198 g/mol. The third-order valence-corrected chi connectivity index (χ3v) is 2.91. The molecule has 0 aliphatic heterocycles. The SMILES string of the molecule is CCOCC[C@@H](C)N(C)Cc1ccccc1. The lowest BCUT2D eigenvalue weighted by Gasteiger charge is -2.24. The van der Waals surface area contributed by atoms with E-state index in [1.165, 1.54) is 5.56 Å². The first-order chi connectivity index (χ1) is 7.74. The molecule has 1 atom stereocenters. The third kappa shape index (κ3) is 4.77.